The van der Waals surface area contributed by atoms with Gasteiger partial charge in [0.2, 0.25) is 0 Å². The average molecular weight is 247 g/mol. The van der Waals surface area contributed by atoms with Crippen LogP contribution in [0.3, 0.4) is 0 Å². The van der Waals surface area contributed by atoms with Crippen LogP contribution >= 0.6 is 0 Å². The zero-order valence-corrected chi connectivity index (χ0v) is 12.5. The molecule has 100 valence electrons. The maximum Gasteiger partial charge on any atom is 0.164 e. The van der Waals surface area contributed by atoms with Crippen molar-refractivity contribution in [3.05, 3.63) is 34.4 Å². The van der Waals surface area contributed by atoms with Crippen LogP contribution in [0.4, 0.5) is 0 Å². The van der Waals surface area contributed by atoms with Crippen LogP contribution in [-0.2, 0) is 5.41 Å². The minimum atomic E-state index is 0.127. The van der Waals surface area contributed by atoms with Gasteiger partial charge in [-0.1, -0.05) is 32.9 Å². The van der Waals surface area contributed by atoms with Gasteiger partial charge in [-0.05, 0) is 43.0 Å². The summed E-state index contributed by atoms with van der Waals surface area (Å²) in [7, 11) is 1.87. The Bertz CT molecular complexity index is 418. The van der Waals surface area contributed by atoms with Crippen LogP contribution in [0.25, 0.3) is 0 Å². The van der Waals surface area contributed by atoms with Gasteiger partial charge >= 0.3 is 0 Å². The van der Waals surface area contributed by atoms with Gasteiger partial charge in [0.1, 0.15) is 0 Å². The number of Topliss-reactive ketones (excluding diaryl/α,β-unsaturated/α-hetero) is 1. The van der Waals surface area contributed by atoms with Gasteiger partial charge in [0.05, 0.1) is 0 Å². The van der Waals surface area contributed by atoms with E-state index >= 15 is 0 Å². The first-order chi connectivity index (χ1) is 8.27. The normalized spacial score (nSPS) is 11.7. The first-order valence-corrected chi connectivity index (χ1v) is 6.57. The van der Waals surface area contributed by atoms with Crippen LogP contribution in [0.15, 0.2) is 12.1 Å². The first kappa shape index (κ1) is 14.9. The van der Waals surface area contributed by atoms with E-state index in [9.17, 15) is 4.79 Å². The van der Waals surface area contributed by atoms with Crippen molar-refractivity contribution in [2.45, 2.75) is 46.5 Å². The highest BCUT2D eigenvalue weighted by atomic mass is 16.1. The van der Waals surface area contributed by atoms with Gasteiger partial charge in [0.25, 0.3) is 0 Å². The van der Waals surface area contributed by atoms with Crippen molar-refractivity contribution >= 4 is 5.78 Å². The second-order valence-corrected chi connectivity index (χ2v) is 6.01. The first-order valence-electron chi connectivity index (χ1n) is 6.57. The van der Waals surface area contributed by atoms with E-state index in [4.69, 9.17) is 0 Å². The molecule has 2 nitrogen and oxygen atoms in total. The Balaban J connectivity index is 3.13. The van der Waals surface area contributed by atoms with Crippen molar-refractivity contribution in [1.82, 2.24) is 5.32 Å². The van der Waals surface area contributed by atoms with Gasteiger partial charge in [-0.2, -0.15) is 0 Å². The van der Waals surface area contributed by atoms with E-state index in [0.717, 1.165) is 23.2 Å². The van der Waals surface area contributed by atoms with Crippen molar-refractivity contribution in [3.8, 4) is 0 Å². The van der Waals surface area contributed by atoms with Crippen molar-refractivity contribution in [1.29, 1.82) is 0 Å². The lowest BCUT2D eigenvalue weighted by molar-refractivity contribution is 0.0982. The number of benzene rings is 1. The molecular formula is C16H25NO. The molecule has 1 N–H and O–H groups in total. The molecule has 0 aliphatic carbocycles. The van der Waals surface area contributed by atoms with Gasteiger partial charge < -0.3 is 5.32 Å². The van der Waals surface area contributed by atoms with Gasteiger partial charge in [0.15, 0.2) is 5.78 Å². The molecule has 0 unspecified atom stereocenters. The fraction of sp³-hybridized carbons (Fsp3) is 0.562. The van der Waals surface area contributed by atoms with Crippen molar-refractivity contribution in [2.75, 3.05) is 13.6 Å². The predicted molar refractivity (Wildman–Crippen MR) is 77.5 cm³/mol. The summed E-state index contributed by atoms with van der Waals surface area (Å²) in [5.74, 6) is 0.236. The third-order valence-corrected chi connectivity index (χ3v) is 3.28. The Morgan fingerprint density at radius 3 is 2.06 bits per heavy atom. The molecule has 0 bridgehead atoms. The molecule has 0 saturated carbocycles. The van der Waals surface area contributed by atoms with Gasteiger partial charge in [-0.3, -0.25) is 4.79 Å². The molecule has 0 aliphatic heterocycles. The zero-order valence-electron chi connectivity index (χ0n) is 12.5. The number of rotatable bonds is 4. The van der Waals surface area contributed by atoms with Gasteiger partial charge in [0, 0.05) is 18.5 Å². The fourth-order valence-electron chi connectivity index (χ4n) is 2.20. The smallest absolute Gasteiger partial charge is 0.164 e. The second-order valence-electron chi connectivity index (χ2n) is 6.01. The summed E-state index contributed by atoms with van der Waals surface area (Å²) in [6.45, 7) is 11.4. The molecule has 0 aliphatic rings. The van der Waals surface area contributed by atoms with E-state index in [2.05, 4.69) is 38.2 Å². The SMILES string of the molecule is CNCCC(=O)c1c(C)cc(C(C)(C)C)cc1C. The molecule has 0 amide bonds. The standard InChI is InChI=1S/C16H25NO/c1-11-9-13(16(3,4)5)10-12(2)15(11)14(18)7-8-17-6/h9-10,17H,7-8H2,1-6H3. The number of aryl methyl sites for hydroxylation is 2. The van der Waals surface area contributed by atoms with E-state index in [1.165, 1.54) is 5.56 Å². The van der Waals surface area contributed by atoms with Crippen molar-refractivity contribution in [3.63, 3.8) is 0 Å². The third kappa shape index (κ3) is 3.42. The predicted octanol–water partition coefficient (Wildman–Crippen LogP) is 3.39. The highest BCUT2D eigenvalue weighted by molar-refractivity contribution is 5.99. The maximum atomic E-state index is 12.2. The molecule has 0 aromatic heterocycles. The lowest BCUT2D eigenvalue weighted by Gasteiger charge is -2.22. The number of carbonyl (C=O) groups excluding carboxylic acids is 1. The molecular weight excluding hydrogens is 222 g/mol. The van der Waals surface area contributed by atoms with Crippen molar-refractivity contribution < 1.29 is 4.79 Å². The summed E-state index contributed by atoms with van der Waals surface area (Å²) in [4.78, 5) is 12.2. The topological polar surface area (TPSA) is 29.1 Å². The number of hydrogen-bond donors (Lipinski definition) is 1. The average Bonchev–Trinajstić information content (AvgIpc) is 2.24. The molecule has 1 rings (SSSR count). The van der Waals surface area contributed by atoms with Gasteiger partial charge in [-0.15, -0.1) is 0 Å². The molecule has 1 aromatic rings. The summed E-state index contributed by atoms with van der Waals surface area (Å²) in [6.07, 6.45) is 0.563. The van der Waals surface area contributed by atoms with Crippen LogP contribution in [0.1, 0.15) is 54.2 Å². The molecule has 2 heteroatoms. The minimum Gasteiger partial charge on any atom is -0.319 e. The fourth-order valence-corrected chi connectivity index (χ4v) is 2.20. The molecule has 0 heterocycles. The Morgan fingerprint density at radius 2 is 1.67 bits per heavy atom. The van der Waals surface area contributed by atoms with E-state index < -0.39 is 0 Å². The van der Waals surface area contributed by atoms with Crippen molar-refractivity contribution in [2.24, 2.45) is 0 Å². The lowest BCUT2D eigenvalue weighted by Crippen LogP contribution is -2.17. The van der Waals surface area contributed by atoms with E-state index in [0.29, 0.717) is 6.42 Å². The third-order valence-electron chi connectivity index (χ3n) is 3.28. The van der Waals surface area contributed by atoms with Gasteiger partial charge in [-0.25, -0.2) is 0 Å². The second kappa shape index (κ2) is 5.66. The van der Waals surface area contributed by atoms with E-state index in [1.807, 2.05) is 20.9 Å². The Labute approximate surface area is 111 Å². The van der Waals surface area contributed by atoms with E-state index in [-0.39, 0.29) is 11.2 Å². The monoisotopic (exact) mass is 247 g/mol. The Hall–Kier alpha value is -1.15. The number of carbonyl (C=O) groups is 1. The number of ketones is 1. The minimum absolute atomic E-state index is 0.127. The summed E-state index contributed by atoms with van der Waals surface area (Å²) >= 11 is 0. The summed E-state index contributed by atoms with van der Waals surface area (Å²) < 4.78 is 0. The molecule has 0 atom stereocenters. The Kier molecular flexibility index (Phi) is 4.69. The number of hydrogen-bond acceptors (Lipinski definition) is 2. The Morgan fingerprint density at radius 1 is 1.17 bits per heavy atom. The molecule has 0 fully saturated rings. The molecule has 0 saturated heterocycles. The lowest BCUT2D eigenvalue weighted by atomic mass is 9.83. The molecule has 0 radical (unpaired) electrons. The van der Waals surface area contributed by atoms with Crippen LogP contribution < -0.4 is 5.32 Å². The molecule has 1 aromatic carbocycles. The van der Waals surface area contributed by atoms with Crippen LogP contribution in [0.2, 0.25) is 0 Å². The summed E-state index contributed by atoms with van der Waals surface area (Å²) in [5.41, 5.74) is 4.52. The largest absolute Gasteiger partial charge is 0.319 e. The molecule has 18 heavy (non-hydrogen) atoms. The summed E-state index contributed by atoms with van der Waals surface area (Å²) in [5, 5.41) is 3.02. The van der Waals surface area contributed by atoms with Crippen LogP contribution in [-0.4, -0.2) is 19.4 Å². The van der Waals surface area contributed by atoms with Crippen LogP contribution in [0, 0.1) is 13.8 Å². The highest BCUT2D eigenvalue weighted by Gasteiger charge is 2.18. The zero-order chi connectivity index (χ0) is 13.9. The van der Waals surface area contributed by atoms with Crippen LogP contribution in [0.5, 0.6) is 0 Å². The summed E-state index contributed by atoms with van der Waals surface area (Å²) in [6, 6.07) is 4.30. The highest BCUT2D eigenvalue weighted by Crippen LogP contribution is 2.27. The maximum absolute atomic E-state index is 12.2. The number of nitrogens with one attached hydrogen (secondary N) is 1. The van der Waals surface area contributed by atoms with E-state index in [1.54, 1.807) is 0 Å². The molecule has 0 spiro atoms. The quantitative estimate of drug-likeness (QED) is 0.826.